The van der Waals surface area contributed by atoms with E-state index in [1.54, 1.807) is 5.43 Å². The Labute approximate surface area is 98.5 Å². The fourth-order valence-electron chi connectivity index (χ4n) is 1.37. The van der Waals surface area contributed by atoms with Gasteiger partial charge in [0.25, 0.3) is 0 Å². The van der Waals surface area contributed by atoms with Crippen LogP contribution in [0.1, 0.15) is 17.2 Å². The molecule has 0 saturated carbocycles. The fraction of sp³-hybridized carbons (Fsp3) is 0.333. The Bertz CT molecular complexity index is 388. The highest BCUT2D eigenvalue weighted by Crippen LogP contribution is 2.40. The molecule has 0 aliphatic heterocycles. The molecule has 1 aromatic carbocycles. The van der Waals surface area contributed by atoms with Gasteiger partial charge in [0.05, 0.1) is 5.56 Å². The quantitative estimate of drug-likeness (QED) is 0.385. The van der Waals surface area contributed by atoms with Crippen molar-refractivity contribution in [3.8, 4) is 0 Å². The lowest BCUT2D eigenvalue weighted by Gasteiger charge is -2.24. The molecule has 0 spiro atoms. The molecule has 0 amide bonds. The first-order valence-electron chi connectivity index (χ1n) is 4.37. The Morgan fingerprint density at radius 3 is 2.06 bits per heavy atom. The van der Waals surface area contributed by atoms with Crippen LogP contribution in [-0.2, 0) is 6.18 Å². The molecule has 1 aromatic rings. The first-order chi connectivity index (χ1) is 7.68. The normalized spacial score (nSPS) is 14.8. The van der Waals surface area contributed by atoms with Crippen LogP contribution in [0.25, 0.3) is 0 Å². The van der Waals surface area contributed by atoms with Crippen LogP contribution >= 0.6 is 11.6 Å². The summed E-state index contributed by atoms with van der Waals surface area (Å²) in [5.41, 5.74) is -0.322. The molecule has 0 radical (unpaired) electrons. The third-order valence-corrected chi connectivity index (χ3v) is 2.29. The van der Waals surface area contributed by atoms with Crippen LogP contribution in [0.15, 0.2) is 24.3 Å². The van der Waals surface area contributed by atoms with Crippen LogP contribution < -0.4 is 11.3 Å². The standard InChI is InChI=1S/C9H8ClF5N2/c10-8(11,12)7(17-16)5-3-1-2-4-6(5)9(13,14)15/h1-4,7,17H,16H2. The van der Waals surface area contributed by atoms with Gasteiger partial charge < -0.3 is 0 Å². The highest BCUT2D eigenvalue weighted by molar-refractivity contribution is 6.22. The number of hydrogen-bond donors (Lipinski definition) is 2. The van der Waals surface area contributed by atoms with Crippen molar-refractivity contribution in [3.63, 3.8) is 0 Å². The molecule has 0 heterocycles. The highest BCUT2D eigenvalue weighted by Gasteiger charge is 2.43. The van der Waals surface area contributed by atoms with Gasteiger partial charge in [0, 0.05) is 0 Å². The van der Waals surface area contributed by atoms with Crippen molar-refractivity contribution in [2.24, 2.45) is 5.84 Å². The van der Waals surface area contributed by atoms with Crippen LogP contribution in [0.2, 0.25) is 0 Å². The third kappa shape index (κ3) is 3.27. The first kappa shape index (κ1) is 14.1. The van der Waals surface area contributed by atoms with E-state index in [4.69, 9.17) is 17.4 Å². The average Bonchev–Trinajstić information content (AvgIpc) is 2.15. The predicted octanol–water partition coefficient (Wildman–Crippen LogP) is 3.04. The molecular weight excluding hydrogens is 267 g/mol. The summed E-state index contributed by atoms with van der Waals surface area (Å²) < 4.78 is 63.5. The van der Waals surface area contributed by atoms with Gasteiger partial charge in [-0.3, -0.25) is 5.84 Å². The van der Waals surface area contributed by atoms with Gasteiger partial charge in [0.1, 0.15) is 6.04 Å². The lowest BCUT2D eigenvalue weighted by atomic mass is 10.0. The van der Waals surface area contributed by atoms with Crippen molar-refractivity contribution in [1.29, 1.82) is 0 Å². The van der Waals surface area contributed by atoms with Gasteiger partial charge in [0.15, 0.2) is 0 Å². The molecule has 0 saturated heterocycles. The summed E-state index contributed by atoms with van der Waals surface area (Å²) in [6, 6.07) is 1.73. The van der Waals surface area contributed by atoms with E-state index >= 15 is 0 Å². The van der Waals surface area contributed by atoms with E-state index < -0.39 is 28.7 Å². The topological polar surface area (TPSA) is 38.0 Å². The lowest BCUT2D eigenvalue weighted by Crippen LogP contribution is -2.39. The van der Waals surface area contributed by atoms with Gasteiger partial charge in [0.2, 0.25) is 0 Å². The Hall–Kier alpha value is -0.920. The molecule has 96 valence electrons. The summed E-state index contributed by atoms with van der Waals surface area (Å²) in [4.78, 5) is 0. The number of nitrogens with two attached hydrogens (primary N) is 1. The summed E-state index contributed by atoms with van der Waals surface area (Å²) in [6.45, 7) is 0. The zero-order valence-electron chi connectivity index (χ0n) is 8.23. The van der Waals surface area contributed by atoms with Gasteiger partial charge in [-0.15, -0.1) is 0 Å². The van der Waals surface area contributed by atoms with Gasteiger partial charge in [-0.05, 0) is 23.2 Å². The van der Waals surface area contributed by atoms with Crippen LogP contribution in [0.3, 0.4) is 0 Å². The summed E-state index contributed by atoms with van der Waals surface area (Å²) >= 11 is 4.71. The Morgan fingerprint density at radius 1 is 1.12 bits per heavy atom. The van der Waals surface area contributed by atoms with Crippen LogP contribution in [0.4, 0.5) is 22.0 Å². The second-order valence-electron chi connectivity index (χ2n) is 3.23. The van der Waals surface area contributed by atoms with E-state index in [9.17, 15) is 22.0 Å². The molecule has 0 bridgehead atoms. The minimum atomic E-state index is -4.76. The SMILES string of the molecule is NNC(c1ccccc1C(F)(F)F)C(F)(F)Cl. The van der Waals surface area contributed by atoms with E-state index in [-0.39, 0.29) is 0 Å². The van der Waals surface area contributed by atoms with Gasteiger partial charge in [-0.2, -0.15) is 22.0 Å². The Kier molecular flexibility index (Phi) is 3.95. The van der Waals surface area contributed by atoms with Gasteiger partial charge >= 0.3 is 11.6 Å². The number of rotatable bonds is 3. The van der Waals surface area contributed by atoms with Crippen molar-refractivity contribution >= 4 is 11.6 Å². The average molecular weight is 275 g/mol. The molecule has 0 fully saturated rings. The van der Waals surface area contributed by atoms with Crippen LogP contribution in [0, 0.1) is 0 Å². The molecule has 17 heavy (non-hydrogen) atoms. The summed E-state index contributed by atoms with van der Waals surface area (Å²) in [5.74, 6) is 4.82. The van der Waals surface area contributed by atoms with E-state index in [1.165, 1.54) is 6.07 Å². The largest absolute Gasteiger partial charge is 0.416 e. The monoisotopic (exact) mass is 274 g/mol. The first-order valence-corrected chi connectivity index (χ1v) is 4.74. The van der Waals surface area contributed by atoms with Crippen LogP contribution in [0.5, 0.6) is 0 Å². The minimum Gasteiger partial charge on any atom is -0.271 e. The summed E-state index contributed by atoms with van der Waals surface area (Å²) in [5, 5.41) is -3.93. The van der Waals surface area contributed by atoms with Crippen molar-refractivity contribution in [3.05, 3.63) is 35.4 Å². The van der Waals surface area contributed by atoms with Crippen LogP contribution in [-0.4, -0.2) is 5.38 Å². The number of hydrogen-bond acceptors (Lipinski definition) is 2. The fourth-order valence-corrected chi connectivity index (χ4v) is 1.55. The Balaban J connectivity index is 3.30. The summed E-state index contributed by atoms with van der Waals surface area (Å²) in [6.07, 6.45) is -4.76. The Morgan fingerprint density at radius 2 is 1.65 bits per heavy atom. The maximum Gasteiger partial charge on any atom is 0.416 e. The molecule has 0 aliphatic rings. The molecule has 1 rings (SSSR count). The van der Waals surface area contributed by atoms with E-state index in [1.807, 2.05) is 0 Å². The van der Waals surface area contributed by atoms with Gasteiger partial charge in [-0.25, -0.2) is 5.43 Å². The number of halogens is 6. The maximum atomic E-state index is 12.9. The van der Waals surface area contributed by atoms with Crippen molar-refractivity contribution in [2.45, 2.75) is 17.6 Å². The summed E-state index contributed by atoms with van der Waals surface area (Å²) in [7, 11) is 0. The second kappa shape index (κ2) is 4.75. The maximum absolute atomic E-state index is 12.9. The van der Waals surface area contributed by atoms with Crippen molar-refractivity contribution in [1.82, 2.24) is 5.43 Å². The number of benzene rings is 1. The van der Waals surface area contributed by atoms with Crippen molar-refractivity contribution < 1.29 is 22.0 Å². The zero-order chi connectivity index (χ0) is 13.3. The van der Waals surface area contributed by atoms with E-state index in [0.717, 1.165) is 12.1 Å². The molecular formula is C9H8ClF5N2. The predicted molar refractivity (Wildman–Crippen MR) is 52.3 cm³/mol. The molecule has 1 unspecified atom stereocenters. The molecule has 2 nitrogen and oxygen atoms in total. The number of alkyl halides is 6. The lowest BCUT2D eigenvalue weighted by molar-refractivity contribution is -0.139. The highest BCUT2D eigenvalue weighted by atomic mass is 35.5. The molecule has 3 N–H and O–H groups in total. The number of nitrogens with one attached hydrogen (secondary N) is 1. The zero-order valence-corrected chi connectivity index (χ0v) is 8.99. The third-order valence-electron chi connectivity index (χ3n) is 2.07. The minimum absolute atomic E-state index is 0.683. The van der Waals surface area contributed by atoms with Crippen molar-refractivity contribution in [2.75, 3.05) is 0 Å². The molecule has 0 aromatic heterocycles. The van der Waals surface area contributed by atoms with E-state index in [0.29, 0.717) is 6.07 Å². The molecule has 1 atom stereocenters. The smallest absolute Gasteiger partial charge is 0.271 e. The van der Waals surface area contributed by atoms with E-state index in [2.05, 4.69) is 0 Å². The molecule has 8 heteroatoms. The molecule has 0 aliphatic carbocycles. The number of hydrazine groups is 1. The van der Waals surface area contributed by atoms with Gasteiger partial charge in [-0.1, -0.05) is 18.2 Å². The second-order valence-corrected chi connectivity index (χ2v) is 3.73.